The minimum Gasteiger partial charge on any atom is -0.361 e. The predicted molar refractivity (Wildman–Crippen MR) is 101 cm³/mol. The first-order valence-electron chi connectivity index (χ1n) is 9.48. The topological polar surface area (TPSA) is 98.2 Å². The normalized spacial score (nSPS) is 15.2. The van der Waals surface area contributed by atoms with Crippen LogP contribution in [0.15, 0.2) is 27.5 Å². The molecule has 28 heavy (non-hydrogen) atoms. The van der Waals surface area contributed by atoms with Crippen LogP contribution in [0.3, 0.4) is 0 Å². The number of carbonyl (C=O) groups is 1. The number of likely N-dealkylation sites (tertiary alicyclic amines) is 1. The Labute approximate surface area is 162 Å². The van der Waals surface area contributed by atoms with Crippen LogP contribution in [0, 0.1) is 20.8 Å². The first-order chi connectivity index (χ1) is 13.5. The van der Waals surface area contributed by atoms with E-state index in [4.69, 9.17) is 4.52 Å². The van der Waals surface area contributed by atoms with Crippen LogP contribution < -0.4 is 0 Å². The molecule has 1 aliphatic heterocycles. The van der Waals surface area contributed by atoms with E-state index in [1.54, 1.807) is 6.92 Å². The molecule has 0 saturated carbocycles. The molecular formula is C20H23N5O3. The Balaban J connectivity index is 1.42. The van der Waals surface area contributed by atoms with Crippen LogP contribution >= 0.6 is 0 Å². The van der Waals surface area contributed by atoms with Crippen LogP contribution in [0.1, 0.15) is 47.2 Å². The lowest BCUT2D eigenvalue weighted by Gasteiger charge is -2.32. The molecule has 0 atom stereocenters. The maximum Gasteiger partial charge on any atom is 0.228 e. The van der Waals surface area contributed by atoms with Crippen molar-refractivity contribution in [1.82, 2.24) is 25.4 Å². The first kappa shape index (κ1) is 18.3. The number of rotatable bonds is 4. The van der Waals surface area contributed by atoms with E-state index < -0.39 is 0 Å². The molecule has 0 aromatic carbocycles. The van der Waals surface area contributed by atoms with E-state index in [1.165, 1.54) is 5.56 Å². The van der Waals surface area contributed by atoms with Gasteiger partial charge in [0.05, 0.1) is 23.4 Å². The molecular weight excluding hydrogens is 358 g/mol. The highest BCUT2D eigenvalue weighted by molar-refractivity contribution is 5.78. The van der Waals surface area contributed by atoms with E-state index in [0.717, 1.165) is 48.6 Å². The molecule has 0 unspecified atom stereocenters. The van der Waals surface area contributed by atoms with Crippen LogP contribution in [0.25, 0.3) is 11.3 Å². The summed E-state index contributed by atoms with van der Waals surface area (Å²) in [6, 6.07) is 4.19. The molecule has 1 fully saturated rings. The number of hydrogen-bond donors (Lipinski definition) is 0. The van der Waals surface area contributed by atoms with Crippen LogP contribution in [0.4, 0.5) is 0 Å². The van der Waals surface area contributed by atoms with E-state index in [9.17, 15) is 4.79 Å². The van der Waals surface area contributed by atoms with Crippen LogP contribution in [0.5, 0.6) is 0 Å². The number of piperidine rings is 1. The van der Waals surface area contributed by atoms with Gasteiger partial charge >= 0.3 is 0 Å². The van der Waals surface area contributed by atoms with Gasteiger partial charge in [-0.3, -0.25) is 9.78 Å². The third kappa shape index (κ3) is 3.54. The summed E-state index contributed by atoms with van der Waals surface area (Å²) in [5.41, 5.74) is 5.23. The number of aromatic nitrogens is 4. The van der Waals surface area contributed by atoms with Gasteiger partial charge in [-0.05, 0) is 57.2 Å². The van der Waals surface area contributed by atoms with Gasteiger partial charge in [0.25, 0.3) is 0 Å². The molecule has 0 radical (unpaired) electrons. The van der Waals surface area contributed by atoms with Crippen LogP contribution in [-0.2, 0) is 11.2 Å². The first-order valence-corrected chi connectivity index (χ1v) is 9.48. The molecule has 0 bridgehead atoms. The predicted octanol–water partition coefficient (Wildman–Crippen LogP) is 2.99. The maximum absolute atomic E-state index is 12.5. The second kappa shape index (κ2) is 7.53. The quantitative estimate of drug-likeness (QED) is 0.685. The molecule has 146 valence electrons. The Bertz CT molecular complexity index is 966. The Morgan fingerprint density at radius 3 is 2.57 bits per heavy atom. The summed E-state index contributed by atoms with van der Waals surface area (Å²) in [7, 11) is 0. The third-order valence-corrected chi connectivity index (χ3v) is 5.46. The van der Waals surface area contributed by atoms with Gasteiger partial charge in [0.1, 0.15) is 17.1 Å². The lowest BCUT2D eigenvalue weighted by atomic mass is 9.89. The summed E-state index contributed by atoms with van der Waals surface area (Å²) in [4.78, 5) is 18.9. The van der Waals surface area contributed by atoms with Gasteiger partial charge in [0.2, 0.25) is 5.91 Å². The van der Waals surface area contributed by atoms with Crippen molar-refractivity contribution in [3.05, 3.63) is 46.7 Å². The summed E-state index contributed by atoms with van der Waals surface area (Å²) >= 11 is 0. The average molecular weight is 381 g/mol. The van der Waals surface area contributed by atoms with Crippen molar-refractivity contribution in [2.45, 2.75) is 46.0 Å². The molecule has 0 spiro atoms. The van der Waals surface area contributed by atoms with E-state index in [-0.39, 0.29) is 12.3 Å². The molecule has 1 amide bonds. The van der Waals surface area contributed by atoms with Crippen molar-refractivity contribution in [3.8, 4) is 11.3 Å². The Kier molecular flexibility index (Phi) is 4.93. The summed E-state index contributed by atoms with van der Waals surface area (Å²) in [5.74, 6) is 1.25. The summed E-state index contributed by atoms with van der Waals surface area (Å²) < 4.78 is 9.96. The van der Waals surface area contributed by atoms with Crippen molar-refractivity contribution in [2.75, 3.05) is 13.1 Å². The van der Waals surface area contributed by atoms with Gasteiger partial charge in [-0.1, -0.05) is 15.5 Å². The number of pyridine rings is 1. The van der Waals surface area contributed by atoms with Crippen LogP contribution in [0.2, 0.25) is 0 Å². The number of amides is 1. The number of aryl methyl sites for hydroxylation is 3. The molecule has 3 aromatic rings. The highest BCUT2D eigenvalue weighted by Gasteiger charge is 2.25. The standard InChI is InChI=1S/C20H23N5O3/c1-12-17(24-28-23-12)11-19(26)25-8-5-15(6-9-25)16-4-7-21-18(10-16)20-13(2)22-27-14(20)3/h4,7,10,15H,5-6,8-9,11H2,1-3H3. The van der Waals surface area contributed by atoms with Crippen molar-refractivity contribution in [3.63, 3.8) is 0 Å². The molecule has 8 heteroatoms. The minimum absolute atomic E-state index is 0.0726. The van der Waals surface area contributed by atoms with Crippen molar-refractivity contribution in [1.29, 1.82) is 0 Å². The molecule has 4 rings (SSSR count). The van der Waals surface area contributed by atoms with Gasteiger partial charge in [0.15, 0.2) is 0 Å². The molecule has 0 N–H and O–H groups in total. The largest absolute Gasteiger partial charge is 0.361 e. The molecule has 1 aliphatic rings. The number of carbonyl (C=O) groups excluding carboxylic acids is 1. The highest BCUT2D eigenvalue weighted by Crippen LogP contribution is 2.32. The highest BCUT2D eigenvalue weighted by atomic mass is 16.6. The number of hydrogen-bond acceptors (Lipinski definition) is 7. The van der Waals surface area contributed by atoms with E-state index in [0.29, 0.717) is 17.3 Å². The second-order valence-corrected chi connectivity index (χ2v) is 7.30. The van der Waals surface area contributed by atoms with Gasteiger partial charge in [-0.2, -0.15) is 0 Å². The molecule has 3 aromatic heterocycles. The minimum atomic E-state index is 0.0726. The Morgan fingerprint density at radius 2 is 1.93 bits per heavy atom. The third-order valence-electron chi connectivity index (χ3n) is 5.46. The molecule has 0 aliphatic carbocycles. The average Bonchev–Trinajstić information content (AvgIpc) is 3.26. The van der Waals surface area contributed by atoms with Crippen LogP contribution in [-0.4, -0.2) is 44.4 Å². The zero-order valence-corrected chi connectivity index (χ0v) is 16.3. The Hall–Kier alpha value is -3.03. The van der Waals surface area contributed by atoms with Gasteiger partial charge in [-0.25, -0.2) is 4.63 Å². The van der Waals surface area contributed by atoms with Crippen molar-refractivity contribution >= 4 is 5.91 Å². The molecule has 1 saturated heterocycles. The summed E-state index contributed by atoms with van der Waals surface area (Å²) in [6.45, 7) is 7.09. The second-order valence-electron chi connectivity index (χ2n) is 7.30. The molecule has 4 heterocycles. The maximum atomic E-state index is 12.5. The fourth-order valence-corrected chi connectivity index (χ4v) is 3.81. The number of nitrogens with zero attached hydrogens (tertiary/aromatic N) is 5. The van der Waals surface area contributed by atoms with Gasteiger partial charge in [-0.15, -0.1) is 0 Å². The zero-order valence-electron chi connectivity index (χ0n) is 16.3. The lowest BCUT2D eigenvalue weighted by Crippen LogP contribution is -2.38. The van der Waals surface area contributed by atoms with E-state index >= 15 is 0 Å². The van der Waals surface area contributed by atoms with Gasteiger partial charge < -0.3 is 9.42 Å². The fourth-order valence-electron chi connectivity index (χ4n) is 3.81. The fraction of sp³-hybridized carbons (Fsp3) is 0.450. The van der Waals surface area contributed by atoms with Crippen molar-refractivity contribution < 1.29 is 13.9 Å². The molecule has 8 nitrogen and oxygen atoms in total. The van der Waals surface area contributed by atoms with E-state index in [1.807, 2.05) is 24.9 Å². The monoisotopic (exact) mass is 381 g/mol. The van der Waals surface area contributed by atoms with Gasteiger partial charge in [0, 0.05) is 19.3 Å². The van der Waals surface area contributed by atoms with E-state index in [2.05, 4.69) is 37.2 Å². The van der Waals surface area contributed by atoms with Crippen molar-refractivity contribution in [2.24, 2.45) is 0 Å². The smallest absolute Gasteiger partial charge is 0.228 e. The summed E-state index contributed by atoms with van der Waals surface area (Å²) in [6.07, 6.45) is 3.93. The summed E-state index contributed by atoms with van der Waals surface area (Å²) in [5, 5.41) is 11.6. The Morgan fingerprint density at radius 1 is 1.14 bits per heavy atom. The lowest BCUT2D eigenvalue weighted by molar-refractivity contribution is -0.131. The zero-order chi connectivity index (χ0) is 19.7. The SMILES string of the molecule is Cc1nonc1CC(=O)N1CCC(c2ccnc(-c3c(C)noc3C)c2)CC1.